The van der Waals surface area contributed by atoms with Crippen LogP contribution in [0.5, 0.6) is 0 Å². The van der Waals surface area contributed by atoms with E-state index in [0.717, 1.165) is 11.2 Å². The highest BCUT2D eigenvalue weighted by atomic mass is 32.1. The number of furan rings is 1. The minimum absolute atomic E-state index is 0.935. The zero-order valence-corrected chi connectivity index (χ0v) is 30.0. The normalized spacial score (nSPS) is 12.1. The highest BCUT2D eigenvalue weighted by molar-refractivity contribution is 7.26. The molecule has 0 fully saturated rings. The Morgan fingerprint density at radius 1 is 0.352 bits per heavy atom. The quantitative estimate of drug-likeness (QED) is 0.167. The van der Waals surface area contributed by atoms with Crippen LogP contribution in [0.3, 0.4) is 0 Å². The fourth-order valence-electron chi connectivity index (χ4n) is 9.12. The Kier molecular flexibility index (Phi) is 6.28. The van der Waals surface area contributed by atoms with E-state index < -0.39 is 0 Å². The third kappa shape index (κ3) is 4.20. The maximum absolute atomic E-state index is 6.62. The molecule has 0 saturated heterocycles. The molecule has 12 rings (SSSR count). The molecule has 0 aliphatic rings. The van der Waals surface area contributed by atoms with Crippen molar-refractivity contribution in [2.24, 2.45) is 0 Å². The molecule has 250 valence electrons. The van der Waals surface area contributed by atoms with Gasteiger partial charge in [0.1, 0.15) is 5.58 Å². The standard InChI is InChI=1S/C52H30OS/c1-2-17-35-31(13-1)14-12-25-36(35)48-39-20-5-3-18-37(39)47(38-19-4-6-21-40(38)48)34-16-11-15-32(29-34)33-27-28-46-44(30-33)50-42-23-8-7-22-41(42)49-43-24-9-10-26-45(43)53-51(49)52(50)54-46/h1-30H. The topological polar surface area (TPSA) is 13.1 Å². The number of benzene rings is 10. The van der Waals surface area contributed by atoms with Gasteiger partial charge in [0.15, 0.2) is 5.58 Å². The summed E-state index contributed by atoms with van der Waals surface area (Å²) in [5.41, 5.74) is 9.38. The Bertz CT molecular complexity index is 3450. The van der Waals surface area contributed by atoms with Crippen LogP contribution in [0, 0.1) is 0 Å². The lowest BCUT2D eigenvalue weighted by Crippen LogP contribution is -1.92. The summed E-state index contributed by atoms with van der Waals surface area (Å²) in [5, 5.41) is 15.0. The Morgan fingerprint density at radius 2 is 0.907 bits per heavy atom. The molecule has 0 bridgehead atoms. The molecule has 0 atom stereocenters. The zero-order chi connectivity index (χ0) is 35.3. The summed E-state index contributed by atoms with van der Waals surface area (Å²) in [5.74, 6) is 0. The average molecular weight is 703 g/mol. The van der Waals surface area contributed by atoms with Crippen molar-refractivity contribution < 1.29 is 4.42 Å². The van der Waals surface area contributed by atoms with E-state index in [9.17, 15) is 0 Å². The minimum atomic E-state index is 0.935. The van der Waals surface area contributed by atoms with Crippen molar-refractivity contribution in [3.63, 3.8) is 0 Å². The van der Waals surface area contributed by atoms with E-state index in [0.29, 0.717) is 0 Å². The average Bonchev–Trinajstić information content (AvgIpc) is 3.82. The molecule has 10 aromatic carbocycles. The smallest absolute Gasteiger partial charge is 0.153 e. The lowest BCUT2D eigenvalue weighted by atomic mass is 9.84. The van der Waals surface area contributed by atoms with Crippen LogP contribution in [0.15, 0.2) is 186 Å². The molecular weight excluding hydrogens is 673 g/mol. The van der Waals surface area contributed by atoms with Gasteiger partial charge in [-0.05, 0) is 101 Å². The van der Waals surface area contributed by atoms with Gasteiger partial charge >= 0.3 is 0 Å². The summed E-state index contributed by atoms with van der Waals surface area (Å²) in [6.45, 7) is 0. The molecule has 0 saturated carbocycles. The van der Waals surface area contributed by atoms with Crippen LogP contribution in [-0.4, -0.2) is 0 Å². The number of thiophene rings is 1. The van der Waals surface area contributed by atoms with Crippen molar-refractivity contribution in [3.8, 4) is 33.4 Å². The summed E-state index contributed by atoms with van der Waals surface area (Å²) >= 11 is 1.83. The van der Waals surface area contributed by atoms with Crippen molar-refractivity contribution in [1.82, 2.24) is 0 Å². The predicted octanol–water partition coefficient (Wildman–Crippen LogP) is 15.6. The number of hydrogen-bond donors (Lipinski definition) is 0. The molecule has 0 aliphatic heterocycles. The largest absolute Gasteiger partial charge is 0.455 e. The third-order valence-corrected chi connectivity index (χ3v) is 12.6. The highest BCUT2D eigenvalue weighted by Crippen LogP contribution is 2.49. The maximum Gasteiger partial charge on any atom is 0.153 e. The molecule has 0 unspecified atom stereocenters. The summed E-state index contributed by atoms with van der Waals surface area (Å²) in [6.07, 6.45) is 0. The predicted molar refractivity (Wildman–Crippen MR) is 233 cm³/mol. The summed E-state index contributed by atoms with van der Waals surface area (Å²) < 4.78 is 9.10. The Hall–Kier alpha value is -6.74. The molecule has 12 aromatic rings. The van der Waals surface area contributed by atoms with Gasteiger partial charge in [-0.1, -0.05) is 158 Å². The second kappa shape index (κ2) is 11.4. The van der Waals surface area contributed by atoms with Crippen LogP contribution >= 0.6 is 11.3 Å². The first-order chi connectivity index (χ1) is 26.8. The molecule has 2 aromatic heterocycles. The van der Waals surface area contributed by atoms with Gasteiger partial charge in [-0.3, -0.25) is 0 Å². The van der Waals surface area contributed by atoms with E-state index in [1.54, 1.807) is 0 Å². The van der Waals surface area contributed by atoms with E-state index in [-0.39, 0.29) is 0 Å². The van der Waals surface area contributed by atoms with Crippen molar-refractivity contribution in [3.05, 3.63) is 182 Å². The lowest BCUT2D eigenvalue weighted by molar-refractivity contribution is 0.673. The Balaban J connectivity index is 1.09. The van der Waals surface area contributed by atoms with Gasteiger partial charge in [-0.2, -0.15) is 0 Å². The summed E-state index contributed by atoms with van der Waals surface area (Å²) in [4.78, 5) is 0. The van der Waals surface area contributed by atoms with Gasteiger partial charge in [-0.25, -0.2) is 0 Å². The van der Waals surface area contributed by atoms with E-state index >= 15 is 0 Å². The summed E-state index contributed by atoms with van der Waals surface area (Å²) in [6, 6.07) is 66.7. The Morgan fingerprint density at radius 3 is 1.67 bits per heavy atom. The molecule has 0 N–H and O–H groups in total. The van der Waals surface area contributed by atoms with Crippen LogP contribution in [0.25, 0.3) is 119 Å². The van der Waals surface area contributed by atoms with Crippen molar-refractivity contribution in [2.45, 2.75) is 0 Å². The molecule has 1 nitrogen and oxygen atoms in total. The second-order valence-corrected chi connectivity index (χ2v) is 15.4. The van der Waals surface area contributed by atoms with E-state index in [4.69, 9.17) is 4.42 Å². The fourth-order valence-corrected chi connectivity index (χ4v) is 10.3. The monoisotopic (exact) mass is 702 g/mol. The first kappa shape index (κ1) is 29.8. The van der Waals surface area contributed by atoms with Crippen LogP contribution in [0.1, 0.15) is 0 Å². The number of rotatable bonds is 3. The van der Waals surface area contributed by atoms with Gasteiger partial charge in [0.05, 0.1) is 4.70 Å². The molecule has 0 spiro atoms. The molecule has 2 heterocycles. The highest BCUT2D eigenvalue weighted by Gasteiger charge is 2.21. The second-order valence-electron chi connectivity index (χ2n) is 14.3. The first-order valence-electron chi connectivity index (χ1n) is 18.5. The number of hydrogen-bond acceptors (Lipinski definition) is 2. The Labute approximate surface area is 314 Å². The van der Waals surface area contributed by atoms with E-state index in [2.05, 4.69) is 182 Å². The van der Waals surface area contributed by atoms with Crippen LogP contribution in [0.2, 0.25) is 0 Å². The van der Waals surface area contributed by atoms with Gasteiger partial charge in [0.25, 0.3) is 0 Å². The molecule has 2 heteroatoms. The van der Waals surface area contributed by atoms with Crippen molar-refractivity contribution in [1.29, 1.82) is 0 Å². The van der Waals surface area contributed by atoms with E-state index in [1.165, 1.54) is 107 Å². The molecule has 0 aliphatic carbocycles. The number of fused-ring (bicyclic) bond motifs is 13. The summed E-state index contributed by atoms with van der Waals surface area (Å²) in [7, 11) is 0. The van der Waals surface area contributed by atoms with Gasteiger partial charge in [-0.15, -0.1) is 11.3 Å². The van der Waals surface area contributed by atoms with Gasteiger partial charge in [0.2, 0.25) is 0 Å². The molecule has 0 radical (unpaired) electrons. The first-order valence-corrected chi connectivity index (χ1v) is 19.3. The van der Waals surface area contributed by atoms with Gasteiger partial charge in [0, 0.05) is 26.2 Å². The molecule has 0 amide bonds. The fraction of sp³-hybridized carbons (Fsp3) is 0. The van der Waals surface area contributed by atoms with Gasteiger partial charge < -0.3 is 4.42 Å². The molecular formula is C52H30OS. The van der Waals surface area contributed by atoms with Crippen LogP contribution in [-0.2, 0) is 0 Å². The number of para-hydroxylation sites is 1. The van der Waals surface area contributed by atoms with E-state index in [1.807, 2.05) is 11.3 Å². The van der Waals surface area contributed by atoms with Crippen LogP contribution in [0.4, 0.5) is 0 Å². The minimum Gasteiger partial charge on any atom is -0.455 e. The molecule has 54 heavy (non-hydrogen) atoms. The lowest BCUT2D eigenvalue weighted by Gasteiger charge is -2.19. The zero-order valence-electron chi connectivity index (χ0n) is 29.1. The maximum atomic E-state index is 6.62. The third-order valence-electron chi connectivity index (χ3n) is 11.4. The van der Waals surface area contributed by atoms with Crippen molar-refractivity contribution >= 4 is 96.5 Å². The SMILES string of the molecule is c1cc(-c2ccc3sc4c5oc6ccccc6c5c5ccccc5c4c3c2)cc(-c2c3ccccc3c(-c3cccc4ccccc34)c3ccccc23)c1. The van der Waals surface area contributed by atoms with Crippen molar-refractivity contribution in [2.75, 3.05) is 0 Å². The van der Waals surface area contributed by atoms with Crippen LogP contribution < -0.4 is 0 Å².